The van der Waals surface area contributed by atoms with E-state index in [0.29, 0.717) is 5.95 Å². The van der Waals surface area contributed by atoms with Gasteiger partial charge in [-0.15, -0.1) is 11.3 Å². The van der Waals surface area contributed by atoms with Crippen LogP contribution in [0.4, 0.5) is 0 Å². The van der Waals surface area contributed by atoms with Crippen LogP contribution in [0.3, 0.4) is 0 Å². The van der Waals surface area contributed by atoms with Gasteiger partial charge in [0.1, 0.15) is 0 Å². The minimum Gasteiger partial charge on any atom is -0.278 e. The van der Waals surface area contributed by atoms with Crippen molar-refractivity contribution in [3.8, 4) is 50.6 Å². The van der Waals surface area contributed by atoms with Crippen LogP contribution in [0.25, 0.3) is 92.6 Å². The van der Waals surface area contributed by atoms with Crippen LogP contribution in [0, 0.1) is 0 Å². The van der Waals surface area contributed by atoms with Crippen LogP contribution in [0.5, 0.6) is 0 Å². The second kappa shape index (κ2) is 11.3. The summed E-state index contributed by atoms with van der Waals surface area (Å²) in [7, 11) is 0. The summed E-state index contributed by atoms with van der Waals surface area (Å²) in [6.45, 7) is 4.67. The van der Waals surface area contributed by atoms with Gasteiger partial charge < -0.3 is 0 Å². The first kappa shape index (κ1) is 30.3. The van der Waals surface area contributed by atoms with E-state index >= 15 is 0 Å². The van der Waals surface area contributed by atoms with E-state index in [1.807, 2.05) is 23.6 Å². The molecule has 7 aromatic carbocycles. The molecular weight excluding hydrogens is 663 g/mol. The summed E-state index contributed by atoms with van der Waals surface area (Å²) in [6.07, 6.45) is 1.89. The number of hydrogen-bond acceptors (Lipinski definition) is 3. The fraction of sp³-hybridized carbons (Fsp3) is 0.0612. The summed E-state index contributed by atoms with van der Waals surface area (Å²) in [5, 5.41) is 5.00. The SMILES string of the molecule is CC1(C)c2ccccc2-c2ccc(-c3cccc(-c4ccnc(-n5c6ccccc6c6cc(-c7cccc8c7sc7ccccc78)ccc65)n4)c3)cc21. The number of thiophene rings is 1. The van der Waals surface area contributed by atoms with Gasteiger partial charge >= 0.3 is 0 Å². The van der Waals surface area contributed by atoms with E-state index in [9.17, 15) is 0 Å². The Morgan fingerprint density at radius 3 is 2.13 bits per heavy atom. The summed E-state index contributed by atoms with van der Waals surface area (Å²) in [5.41, 5.74) is 14.4. The van der Waals surface area contributed by atoms with Gasteiger partial charge in [0, 0.05) is 48.1 Å². The van der Waals surface area contributed by atoms with Gasteiger partial charge in [-0.1, -0.05) is 129 Å². The molecule has 0 radical (unpaired) electrons. The molecular formula is C49H33N3S. The lowest BCUT2D eigenvalue weighted by Gasteiger charge is -2.22. The molecule has 10 aromatic rings. The molecule has 0 saturated heterocycles. The van der Waals surface area contributed by atoms with Gasteiger partial charge in [-0.05, 0) is 87.0 Å². The van der Waals surface area contributed by atoms with E-state index in [-0.39, 0.29) is 5.41 Å². The molecule has 0 N–H and O–H groups in total. The normalized spacial score (nSPS) is 13.2. The Labute approximate surface area is 311 Å². The van der Waals surface area contributed by atoms with Gasteiger partial charge in [-0.3, -0.25) is 4.57 Å². The molecule has 1 aliphatic rings. The van der Waals surface area contributed by atoms with Crippen molar-refractivity contribution in [1.29, 1.82) is 0 Å². The molecule has 3 nitrogen and oxygen atoms in total. The van der Waals surface area contributed by atoms with Crippen LogP contribution in [-0.2, 0) is 5.41 Å². The molecule has 53 heavy (non-hydrogen) atoms. The average Bonchev–Trinajstić information content (AvgIpc) is 3.83. The van der Waals surface area contributed by atoms with Crippen molar-refractivity contribution in [2.75, 3.05) is 0 Å². The van der Waals surface area contributed by atoms with Gasteiger partial charge in [-0.25, -0.2) is 9.97 Å². The molecule has 0 saturated carbocycles. The topological polar surface area (TPSA) is 30.7 Å². The maximum Gasteiger partial charge on any atom is 0.235 e. The molecule has 3 aromatic heterocycles. The number of benzene rings is 7. The van der Waals surface area contributed by atoms with Crippen molar-refractivity contribution in [2.45, 2.75) is 19.3 Å². The first-order valence-corrected chi connectivity index (χ1v) is 19.0. The van der Waals surface area contributed by atoms with Gasteiger partial charge in [0.2, 0.25) is 5.95 Å². The van der Waals surface area contributed by atoms with Crippen molar-refractivity contribution in [1.82, 2.24) is 14.5 Å². The van der Waals surface area contributed by atoms with E-state index in [1.54, 1.807) is 0 Å². The molecule has 1 aliphatic carbocycles. The molecule has 250 valence electrons. The lowest BCUT2D eigenvalue weighted by atomic mass is 9.81. The fourth-order valence-electron chi connectivity index (χ4n) is 8.69. The number of rotatable bonds is 4. The van der Waals surface area contributed by atoms with Crippen molar-refractivity contribution in [3.63, 3.8) is 0 Å². The highest BCUT2D eigenvalue weighted by Gasteiger charge is 2.35. The van der Waals surface area contributed by atoms with Gasteiger partial charge in [0.05, 0.1) is 16.7 Å². The standard InChI is InChI=1S/C49H33N3S/c1-49(2)41-18-6-3-13-35(41)36-23-21-31(29-42(36)49)30-11-9-12-33(27-30)43-25-26-50-48(51-43)52-44-19-7-4-14-37(44)40-28-32(22-24-45(40)52)34-16-10-17-39-38-15-5-8-20-46(38)53-47(34)39/h3-29H,1-2H3. The molecule has 11 rings (SSSR count). The maximum absolute atomic E-state index is 5.23. The Morgan fingerprint density at radius 2 is 1.19 bits per heavy atom. The maximum atomic E-state index is 5.23. The number of fused-ring (bicyclic) bond motifs is 9. The molecule has 0 atom stereocenters. The summed E-state index contributed by atoms with van der Waals surface area (Å²) in [6, 6.07) is 57.3. The molecule has 0 bridgehead atoms. The first-order valence-electron chi connectivity index (χ1n) is 18.2. The number of para-hydroxylation sites is 1. The van der Waals surface area contributed by atoms with Crippen LogP contribution in [-0.4, -0.2) is 14.5 Å². The fourth-order valence-corrected chi connectivity index (χ4v) is 9.93. The Balaban J connectivity index is 1.01. The zero-order chi connectivity index (χ0) is 35.3. The molecule has 0 unspecified atom stereocenters. The first-order chi connectivity index (χ1) is 26.0. The second-order valence-corrected chi connectivity index (χ2v) is 15.7. The molecule has 0 spiro atoms. The predicted molar refractivity (Wildman–Crippen MR) is 223 cm³/mol. The van der Waals surface area contributed by atoms with Gasteiger partial charge in [-0.2, -0.15) is 0 Å². The van der Waals surface area contributed by atoms with Crippen molar-refractivity contribution in [3.05, 3.63) is 175 Å². The Kier molecular flexibility index (Phi) is 6.47. The Bertz CT molecular complexity index is 3110. The van der Waals surface area contributed by atoms with Gasteiger partial charge in [0.25, 0.3) is 0 Å². The summed E-state index contributed by atoms with van der Waals surface area (Å²) in [5.74, 6) is 0.663. The average molecular weight is 696 g/mol. The number of hydrogen-bond donors (Lipinski definition) is 0. The monoisotopic (exact) mass is 695 g/mol. The molecule has 0 fully saturated rings. The second-order valence-electron chi connectivity index (χ2n) is 14.6. The van der Waals surface area contributed by atoms with Gasteiger partial charge in [0.15, 0.2) is 0 Å². The lowest BCUT2D eigenvalue weighted by molar-refractivity contribution is 0.660. The third kappa shape index (κ3) is 4.52. The van der Waals surface area contributed by atoms with Crippen LogP contribution in [0.15, 0.2) is 164 Å². The van der Waals surface area contributed by atoms with Crippen molar-refractivity contribution < 1.29 is 0 Å². The summed E-state index contributed by atoms with van der Waals surface area (Å²) in [4.78, 5) is 10.1. The smallest absolute Gasteiger partial charge is 0.235 e. The number of nitrogens with zero attached hydrogens (tertiary/aromatic N) is 3. The van der Waals surface area contributed by atoms with Crippen LogP contribution in [0.1, 0.15) is 25.0 Å². The van der Waals surface area contributed by atoms with Crippen LogP contribution >= 0.6 is 11.3 Å². The van der Waals surface area contributed by atoms with Crippen LogP contribution < -0.4 is 0 Å². The van der Waals surface area contributed by atoms with E-state index < -0.39 is 0 Å². The molecule has 0 amide bonds. The molecule has 4 heteroatoms. The molecule has 3 heterocycles. The van der Waals surface area contributed by atoms with Crippen molar-refractivity contribution >= 4 is 53.3 Å². The Morgan fingerprint density at radius 1 is 0.491 bits per heavy atom. The minimum atomic E-state index is -0.0455. The van der Waals surface area contributed by atoms with E-state index in [2.05, 4.69) is 170 Å². The Hall–Kier alpha value is -6.36. The quantitative estimate of drug-likeness (QED) is 0.183. The third-order valence-corrected chi connectivity index (χ3v) is 12.5. The van der Waals surface area contributed by atoms with E-state index in [1.165, 1.54) is 75.5 Å². The zero-order valence-corrected chi connectivity index (χ0v) is 30.2. The zero-order valence-electron chi connectivity index (χ0n) is 29.3. The van der Waals surface area contributed by atoms with E-state index in [4.69, 9.17) is 9.97 Å². The molecule has 0 aliphatic heterocycles. The van der Waals surface area contributed by atoms with E-state index in [0.717, 1.165) is 22.3 Å². The highest BCUT2D eigenvalue weighted by molar-refractivity contribution is 7.26. The predicted octanol–water partition coefficient (Wildman–Crippen LogP) is 13.2. The lowest BCUT2D eigenvalue weighted by Crippen LogP contribution is -2.14. The highest BCUT2D eigenvalue weighted by atomic mass is 32.1. The third-order valence-electron chi connectivity index (χ3n) is 11.3. The van der Waals surface area contributed by atoms with Crippen molar-refractivity contribution in [2.24, 2.45) is 0 Å². The summed E-state index contributed by atoms with van der Waals surface area (Å²) < 4.78 is 4.85. The minimum absolute atomic E-state index is 0.0455. The summed E-state index contributed by atoms with van der Waals surface area (Å²) >= 11 is 1.87. The van der Waals surface area contributed by atoms with Crippen LogP contribution in [0.2, 0.25) is 0 Å². The largest absolute Gasteiger partial charge is 0.278 e. The highest BCUT2D eigenvalue weighted by Crippen LogP contribution is 2.49. The number of aromatic nitrogens is 3.